The van der Waals surface area contributed by atoms with Crippen LogP contribution in [0, 0.1) is 17.3 Å². The standard InChI is InChI=1S/C24H27N3O2S/c28-20(19-13-25-22-27(21(19)29)6-7-30-22)26-15-23-9-16-8-17(10-23)12-24(11-16,14-23)18-4-2-1-3-5-18/h1-5,13,16-17H,6-12,14-15H2,(H,26,28). The first kappa shape index (κ1) is 18.7. The number of nitrogens with zero attached hydrogens (tertiary/aromatic N) is 2. The lowest BCUT2D eigenvalue weighted by molar-refractivity contribution is -0.0697. The van der Waals surface area contributed by atoms with Crippen LogP contribution in [0.2, 0.25) is 0 Å². The van der Waals surface area contributed by atoms with Crippen LogP contribution >= 0.6 is 11.8 Å². The fourth-order valence-corrected chi connectivity index (χ4v) is 8.24. The SMILES string of the molecule is O=C(NCC12CC3CC(C1)CC(c1ccccc1)(C3)C2)c1cnc2n(c1=O)CCS2. The number of thioether (sulfide) groups is 1. The van der Waals surface area contributed by atoms with E-state index in [9.17, 15) is 9.59 Å². The maximum absolute atomic E-state index is 12.9. The molecular weight excluding hydrogens is 394 g/mol. The number of carbonyl (C=O) groups is 1. The van der Waals surface area contributed by atoms with Gasteiger partial charge in [0.2, 0.25) is 0 Å². The zero-order valence-corrected chi connectivity index (χ0v) is 17.9. The molecule has 4 bridgehead atoms. The van der Waals surface area contributed by atoms with Crippen molar-refractivity contribution >= 4 is 17.7 Å². The predicted molar refractivity (Wildman–Crippen MR) is 117 cm³/mol. The van der Waals surface area contributed by atoms with Crippen molar-refractivity contribution < 1.29 is 4.79 Å². The van der Waals surface area contributed by atoms with Crippen LogP contribution in [0.5, 0.6) is 0 Å². The van der Waals surface area contributed by atoms with Crippen molar-refractivity contribution in [1.29, 1.82) is 0 Å². The Bertz CT molecular complexity index is 1050. The highest BCUT2D eigenvalue weighted by Crippen LogP contribution is 2.65. The van der Waals surface area contributed by atoms with Crippen LogP contribution in [0.4, 0.5) is 0 Å². The number of amides is 1. The zero-order valence-electron chi connectivity index (χ0n) is 17.1. The van der Waals surface area contributed by atoms with E-state index < -0.39 is 0 Å². The Morgan fingerprint density at radius 1 is 1.17 bits per heavy atom. The first-order valence-electron chi connectivity index (χ1n) is 11.1. The first-order valence-corrected chi connectivity index (χ1v) is 12.1. The second-order valence-electron chi connectivity index (χ2n) is 10.0. The molecule has 2 atom stereocenters. The minimum atomic E-state index is -0.260. The van der Waals surface area contributed by atoms with E-state index in [1.54, 1.807) is 16.3 Å². The van der Waals surface area contributed by atoms with Crippen LogP contribution in [-0.2, 0) is 12.0 Å². The summed E-state index contributed by atoms with van der Waals surface area (Å²) in [6.07, 6.45) is 8.95. The van der Waals surface area contributed by atoms with Gasteiger partial charge in [-0.25, -0.2) is 4.98 Å². The molecular formula is C24H27N3O2S. The van der Waals surface area contributed by atoms with Gasteiger partial charge < -0.3 is 5.32 Å². The summed E-state index contributed by atoms with van der Waals surface area (Å²) in [6, 6.07) is 11.0. The Labute approximate surface area is 180 Å². The second-order valence-corrected chi connectivity index (χ2v) is 11.1. The van der Waals surface area contributed by atoms with E-state index in [2.05, 4.69) is 40.6 Å². The summed E-state index contributed by atoms with van der Waals surface area (Å²) < 4.78 is 1.63. The van der Waals surface area contributed by atoms with E-state index in [0.29, 0.717) is 13.1 Å². The van der Waals surface area contributed by atoms with E-state index in [1.165, 1.54) is 43.9 Å². The molecule has 1 N–H and O–H groups in total. The number of nitrogens with one attached hydrogen (secondary N) is 1. The molecule has 2 heterocycles. The van der Waals surface area contributed by atoms with Gasteiger partial charge >= 0.3 is 0 Å². The van der Waals surface area contributed by atoms with Crippen LogP contribution < -0.4 is 10.9 Å². The smallest absolute Gasteiger partial charge is 0.267 e. The maximum Gasteiger partial charge on any atom is 0.267 e. The minimum Gasteiger partial charge on any atom is -0.351 e. The molecule has 5 nitrogen and oxygen atoms in total. The third-order valence-electron chi connectivity index (χ3n) is 7.99. The maximum atomic E-state index is 12.9. The topological polar surface area (TPSA) is 64.0 Å². The van der Waals surface area contributed by atoms with Crippen molar-refractivity contribution in [3.05, 3.63) is 58.0 Å². The molecule has 6 heteroatoms. The number of hydrogen-bond acceptors (Lipinski definition) is 4. The molecule has 4 saturated carbocycles. The number of fused-ring (bicyclic) bond motifs is 1. The summed E-state index contributed by atoms with van der Waals surface area (Å²) in [5.74, 6) is 2.10. The van der Waals surface area contributed by atoms with E-state index in [4.69, 9.17) is 0 Å². The second kappa shape index (κ2) is 6.71. The Balaban J connectivity index is 1.24. The Morgan fingerprint density at radius 3 is 2.70 bits per heavy atom. The molecule has 2 unspecified atom stereocenters. The number of benzene rings is 1. The van der Waals surface area contributed by atoms with Crippen LogP contribution in [0.1, 0.15) is 54.4 Å². The third kappa shape index (κ3) is 2.87. The average Bonchev–Trinajstić information content (AvgIpc) is 3.22. The van der Waals surface area contributed by atoms with Crippen molar-refractivity contribution in [3.8, 4) is 0 Å². The van der Waals surface area contributed by atoms with Gasteiger partial charge in [0.15, 0.2) is 5.16 Å². The third-order valence-corrected chi connectivity index (χ3v) is 8.96. The molecule has 4 aliphatic carbocycles. The van der Waals surface area contributed by atoms with Crippen LogP contribution in [-0.4, -0.2) is 27.8 Å². The molecule has 5 aliphatic rings. The predicted octanol–water partition coefficient (Wildman–Crippen LogP) is 3.62. The molecule has 0 spiro atoms. The molecule has 1 aliphatic heterocycles. The van der Waals surface area contributed by atoms with Gasteiger partial charge in [-0.15, -0.1) is 0 Å². The average molecular weight is 422 g/mol. The molecule has 2 aromatic rings. The van der Waals surface area contributed by atoms with Crippen LogP contribution in [0.3, 0.4) is 0 Å². The largest absolute Gasteiger partial charge is 0.351 e. The van der Waals surface area contributed by atoms with Gasteiger partial charge in [0.25, 0.3) is 11.5 Å². The van der Waals surface area contributed by atoms with E-state index in [0.717, 1.165) is 29.2 Å². The van der Waals surface area contributed by atoms with Gasteiger partial charge in [0.05, 0.1) is 0 Å². The summed E-state index contributed by atoms with van der Waals surface area (Å²) >= 11 is 1.57. The lowest BCUT2D eigenvalue weighted by Gasteiger charge is -2.62. The van der Waals surface area contributed by atoms with Gasteiger partial charge in [-0.05, 0) is 66.8 Å². The molecule has 7 rings (SSSR count). The lowest BCUT2D eigenvalue weighted by Crippen LogP contribution is -2.57. The van der Waals surface area contributed by atoms with E-state index in [-0.39, 0.29) is 27.9 Å². The van der Waals surface area contributed by atoms with Crippen molar-refractivity contribution in [1.82, 2.24) is 14.9 Å². The molecule has 1 aromatic heterocycles. The normalized spacial score (nSPS) is 33.5. The van der Waals surface area contributed by atoms with Crippen molar-refractivity contribution in [2.24, 2.45) is 17.3 Å². The van der Waals surface area contributed by atoms with Gasteiger partial charge in [0.1, 0.15) is 5.56 Å². The summed E-state index contributed by atoms with van der Waals surface area (Å²) in [5, 5.41) is 3.88. The van der Waals surface area contributed by atoms with Gasteiger partial charge in [-0.1, -0.05) is 42.1 Å². The van der Waals surface area contributed by atoms with E-state index >= 15 is 0 Å². The number of aromatic nitrogens is 2. The molecule has 30 heavy (non-hydrogen) atoms. The lowest BCUT2D eigenvalue weighted by atomic mass is 9.43. The van der Waals surface area contributed by atoms with Crippen LogP contribution in [0.15, 0.2) is 46.5 Å². The molecule has 0 saturated heterocycles. The zero-order chi connectivity index (χ0) is 20.3. The fourth-order valence-electron chi connectivity index (χ4n) is 7.32. The summed E-state index contributed by atoms with van der Waals surface area (Å²) in [4.78, 5) is 30.0. The highest BCUT2D eigenvalue weighted by molar-refractivity contribution is 7.99. The molecule has 1 aromatic carbocycles. The Morgan fingerprint density at radius 2 is 1.93 bits per heavy atom. The van der Waals surface area contributed by atoms with Crippen LogP contribution in [0.25, 0.3) is 0 Å². The summed E-state index contributed by atoms with van der Waals surface area (Å²) in [6.45, 7) is 1.31. The van der Waals surface area contributed by atoms with Gasteiger partial charge in [-0.3, -0.25) is 14.2 Å². The van der Waals surface area contributed by atoms with Gasteiger partial charge in [0, 0.05) is 25.0 Å². The summed E-state index contributed by atoms with van der Waals surface area (Å²) in [5.41, 5.74) is 1.89. The first-order chi connectivity index (χ1) is 14.6. The fraction of sp³-hybridized carbons (Fsp3) is 0.542. The number of rotatable bonds is 4. The quantitative estimate of drug-likeness (QED) is 0.766. The highest BCUT2D eigenvalue weighted by Gasteiger charge is 2.58. The Kier molecular flexibility index (Phi) is 4.18. The number of hydrogen-bond donors (Lipinski definition) is 1. The van der Waals surface area contributed by atoms with E-state index in [1.807, 2.05) is 0 Å². The molecule has 156 valence electrons. The molecule has 4 fully saturated rings. The molecule has 0 radical (unpaired) electrons. The monoisotopic (exact) mass is 421 g/mol. The highest BCUT2D eigenvalue weighted by atomic mass is 32.2. The summed E-state index contributed by atoms with van der Waals surface area (Å²) in [7, 11) is 0. The molecule has 1 amide bonds. The minimum absolute atomic E-state index is 0.159. The van der Waals surface area contributed by atoms with Gasteiger partial charge in [-0.2, -0.15) is 0 Å². The van der Waals surface area contributed by atoms with Crippen molar-refractivity contribution in [2.75, 3.05) is 12.3 Å². The van der Waals surface area contributed by atoms with Crippen molar-refractivity contribution in [3.63, 3.8) is 0 Å². The number of carbonyl (C=O) groups excluding carboxylic acids is 1. The van der Waals surface area contributed by atoms with Crippen molar-refractivity contribution in [2.45, 2.75) is 55.6 Å². The Hall–Kier alpha value is -2.08.